The predicted molar refractivity (Wildman–Crippen MR) is 73.4 cm³/mol. The third-order valence-electron chi connectivity index (χ3n) is 3.29. The van der Waals surface area contributed by atoms with Gasteiger partial charge in [-0.3, -0.25) is 4.79 Å². The fourth-order valence-corrected chi connectivity index (χ4v) is 2.31. The van der Waals surface area contributed by atoms with Gasteiger partial charge in [-0.2, -0.15) is 0 Å². The first-order valence-electron chi connectivity index (χ1n) is 6.37. The van der Waals surface area contributed by atoms with Crippen molar-refractivity contribution in [2.45, 2.75) is 12.1 Å². The number of benzene rings is 2. The number of cyclic esters (lactones) is 1. The summed E-state index contributed by atoms with van der Waals surface area (Å²) in [6.45, 7) is 0. The maximum atomic E-state index is 12.5. The van der Waals surface area contributed by atoms with E-state index in [0.717, 1.165) is 5.56 Å². The first-order chi connectivity index (χ1) is 9.75. The number of alkyl carbamates (subject to hydrolysis) is 1. The van der Waals surface area contributed by atoms with Crippen LogP contribution >= 0.6 is 0 Å². The van der Waals surface area contributed by atoms with Crippen LogP contribution in [0.15, 0.2) is 60.7 Å². The van der Waals surface area contributed by atoms with Crippen molar-refractivity contribution < 1.29 is 14.3 Å². The summed E-state index contributed by atoms with van der Waals surface area (Å²) in [5.41, 5.74) is 1.39. The molecule has 2 atom stereocenters. The molecule has 1 N–H and O–H groups in total. The molecule has 1 fully saturated rings. The number of nitrogens with one attached hydrogen (secondary N) is 1. The lowest BCUT2D eigenvalue weighted by atomic mass is 9.96. The first-order valence-corrected chi connectivity index (χ1v) is 6.37. The second kappa shape index (κ2) is 5.17. The average Bonchev–Trinajstić information content (AvgIpc) is 2.90. The molecule has 1 aliphatic rings. The molecule has 4 nitrogen and oxygen atoms in total. The normalized spacial score (nSPS) is 21.1. The van der Waals surface area contributed by atoms with Gasteiger partial charge in [0.25, 0.3) is 0 Å². The van der Waals surface area contributed by atoms with Crippen LogP contribution in [0.25, 0.3) is 0 Å². The van der Waals surface area contributed by atoms with Crippen LogP contribution in [0.2, 0.25) is 0 Å². The van der Waals surface area contributed by atoms with Crippen LogP contribution in [0.1, 0.15) is 22.0 Å². The minimum absolute atomic E-state index is 0.196. The number of hydrogen-bond donors (Lipinski definition) is 1. The molecule has 0 spiro atoms. The van der Waals surface area contributed by atoms with E-state index in [1.807, 2.05) is 36.4 Å². The molecule has 0 radical (unpaired) electrons. The average molecular weight is 267 g/mol. The number of ketones is 1. The summed E-state index contributed by atoms with van der Waals surface area (Å²) in [6, 6.07) is 17.7. The Morgan fingerprint density at radius 3 is 2.20 bits per heavy atom. The summed E-state index contributed by atoms with van der Waals surface area (Å²) >= 11 is 0. The molecule has 2 unspecified atom stereocenters. The number of carbonyl (C=O) groups excluding carboxylic acids is 2. The van der Waals surface area contributed by atoms with Gasteiger partial charge < -0.3 is 10.1 Å². The number of carbonyl (C=O) groups is 2. The molecule has 100 valence electrons. The highest BCUT2D eigenvalue weighted by Crippen LogP contribution is 2.27. The second-order valence-electron chi connectivity index (χ2n) is 4.59. The minimum atomic E-state index is -0.827. The highest BCUT2D eigenvalue weighted by atomic mass is 16.6. The van der Waals surface area contributed by atoms with Crippen LogP contribution in [0, 0.1) is 0 Å². The van der Waals surface area contributed by atoms with Crippen LogP contribution in [-0.4, -0.2) is 18.0 Å². The largest absolute Gasteiger partial charge is 0.435 e. The summed E-state index contributed by atoms with van der Waals surface area (Å²) in [5, 5.41) is 2.69. The van der Waals surface area contributed by atoms with Gasteiger partial charge >= 0.3 is 6.09 Å². The first kappa shape index (κ1) is 12.4. The van der Waals surface area contributed by atoms with Crippen molar-refractivity contribution in [1.29, 1.82) is 0 Å². The van der Waals surface area contributed by atoms with Crippen molar-refractivity contribution in [1.82, 2.24) is 5.32 Å². The highest BCUT2D eigenvalue weighted by molar-refractivity contribution is 6.02. The Morgan fingerprint density at radius 2 is 1.55 bits per heavy atom. The predicted octanol–water partition coefficient (Wildman–Crippen LogP) is 2.72. The Kier molecular flexibility index (Phi) is 3.21. The lowest BCUT2D eigenvalue weighted by Gasteiger charge is -2.16. The number of ether oxygens (including phenoxy) is 1. The molecule has 4 heteroatoms. The van der Waals surface area contributed by atoms with E-state index >= 15 is 0 Å². The minimum Gasteiger partial charge on any atom is -0.435 e. The topological polar surface area (TPSA) is 55.4 Å². The van der Waals surface area contributed by atoms with Gasteiger partial charge in [-0.25, -0.2) is 4.79 Å². The van der Waals surface area contributed by atoms with Gasteiger partial charge in [-0.15, -0.1) is 0 Å². The Morgan fingerprint density at radius 1 is 0.950 bits per heavy atom. The van der Waals surface area contributed by atoms with Gasteiger partial charge in [-0.1, -0.05) is 60.7 Å². The number of rotatable bonds is 3. The quantitative estimate of drug-likeness (QED) is 0.870. The van der Waals surface area contributed by atoms with E-state index < -0.39 is 18.2 Å². The molecule has 2 aromatic carbocycles. The number of Topliss-reactive ketones (excluding diaryl/α,β-unsaturated/α-hetero) is 1. The Balaban J connectivity index is 1.91. The third-order valence-corrected chi connectivity index (χ3v) is 3.29. The van der Waals surface area contributed by atoms with E-state index in [4.69, 9.17) is 4.74 Å². The molecule has 3 rings (SSSR count). The second-order valence-corrected chi connectivity index (χ2v) is 4.59. The monoisotopic (exact) mass is 267 g/mol. The molecular formula is C16H13NO3. The van der Waals surface area contributed by atoms with Gasteiger partial charge in [0.05, 0.1) is 0 Å². The van der Waals surface area contributed by atoms with E-state index in [1.54, 1.807) is 24.3 Å². The van der Waals surface area contributed by atoms with Crippen molar-refractivity contribution in [3.05, 3.63) is 71.8 Å². The molecule has 20 heavy (non-hydrogen) atoms. The molecular weight excluding hydrogens is 254 g/mol. The number of amides is 1. The van der Waals surface area contributed by atoms with E-state index in [0.29, 0.717) is 5.56 Å². The lowest BCUT2D eigenvalue weighted by Crippen LogP contribution is -2.29. The Bertz CT molecular complexity index is 625. The van der Waals surface area contributed by atoms with Crippen molar-refractivity contribution >= 4 is 11.9 Å². The van der Waals surface area contributed by atoms with Gasteiger partial charge in [0.1, 0.15) is 6.04 Å². The van der Waals surface area contributed by atoms with Crippen LogP contribution in [0.4, 0.5) is 4.79 Å². The summed E-state index contributed by atoms with van der Waals surface area (Å²) in [6.07, 6.45) is -1.39. The van der Waals surface area contributed by atoms with E-state index in [2.05, 4.69) is 5.32 Å². The summed E-state index contributed by atoms with van der Waals surface area (Å²) in [7, 11) is 0. The molecule has 1 heterocycles. The molecule has 0 aromatic heterocycles. The van der Waals surface area contributed by atoms with Crippen LogP contribution in [0.5, 0.6) is 0 Å². The fourth-order valence-electron chi connectivity index (χ4n) is 2.31. The summed E-state index contributed by atoms with van der Waals surface area (Å²) in [5.74, 6) is -0.196. The maximum Gasteiger partial charge on any atom is 0.408 e. The fraction of sp³-hybridized carbons (Fsp3) is 0.125. The molecule has 1 amide bonds. The highest BCUT2D eigenvalue weighted by Gasteiger charge is 2.40. The van der Waals surface area contributed by atoms with Crippen molar-refractivity contribution in [3.8, 4) is 0 Å². The van der Waals surface area contributed by atoms with E-state index in [-0.39, 0.29) is 5.78 Å². The van der Waals surface area contributed by atoms with Gasteiger partial charge in [0.15, 0.2) is 6.10 Å². The standard InChI is InChI=1S/C16H13NO3/c18-14(12-9-5-2-6-10-12)15-13(17-16(19)20-15)11-7-3-1-4-8-11/h1-10,13,15H,(H,17,19). The summed E-state index contributed by atoms with van der Waals surface area (Å²) in [4.78, 5) is 23.9. The van der Waals surface area contributed by atoms with Crippen LogP contribution in [-0.2, 0) is 4.74 Å². The van der Waals surface area contributed by atoms with Gasteiger partial charge in [0, 0.05) is 5.56 Å². The van der Waals surface area contributed by atoms with Crippen LogP contribution in [0.3, 0.4) is 0 Å². The summed E-state index contributed by atoms with van der Waals surface area (Å²) < 4.78 is 5.14. The Hall–Kier alpha value is -2.62. The molecule has 1 saturated heterocycles. The zero-order chi connectivity index (χ0) is 13.9. The van der Waals surface area contributed by atoms with Gasteiger partial charge in [-0.05, 0) is 5.56 Å². The maximum absolute atomic E-state index is 12.5. The number of hydrogen-bond acceptors (Lipinski definition) is 3. The van der Waals surface area contributed by atoms with E-state index in [1.165, 1.54) is 0 Å². The zero-order valence-corrected chi connectivity index (χ0v) is 10.7. The lowest BCUT2D eigenvalue weighted by molar-refractivity contribution is 0.0721. The van der Waals surface area contributed by atoms with Crippen molar-refractivity contribution in [2.75, 3.05) is 0 Å². The van der Waals surface area contributed by atoms with E-state index in [9.17, 15) is 9.59 Å². The molecule has 0 saturated carbocycles. The molecule has 0 aliphatic carbocycles. The molecule has 2 aromatic rings. The van der Waals surface area contributed by atoms with Gasteiger partial charge in [0.2, 0.25) is 5.78 Å². The van der Waals surface area contributed by atoms with Crippen LogP contribution < -0.4 is 5.32 Å². The molecule has 0 bridgehead atoms. The molecule has 1 aliphatic heterocycles. The third kappa shape index (κ3) is 2.28. The van der Waals surface area contributed by atoms with Crippen molar-refractivity contribution in [3.63, 3.8) is 0 Å². The van der Waals surface area contributed by atoms with Crippen molar-refractivity contribution in [2.24, 2.45) is 0 Å². The Labute approximate surface area is 116 Å². The zero-order valence-electron chi connectivity index (χ0n) is 10.7. The smallest absolute Gasteiger partial charge is 0.408 e. The SMILES string of the molecule is O=C1NC(c2ccccc2)C(C(=O)c2ccccc2)O1.